The molecular weight excluding hydrogens is 311 g/mol. The third-order valence-corrected chi connectivity index (χ3v) is 3.75. The molecule has 6 heteroatoms. The van der Waals surface area contributed by atoms with Gasteiger partial charge in [0.25, 0.3) is 5.56 Å². The number of halogens is 1. The standard InChI is InChI=1S/C18H15FN2O3/c19-14-6-7-15-10-13(8-9-20-18(23)24)16(17(22)21(15)11-14)12-4-2-1-3-5-12/h1-7,10-11,20H,8-9H2,(H,23,24). The normalized spacial score (nSPS) is 10.7. The molecule has 0 unspecified atom stereocenters. The Kier molecular flexibility index (Phi) is 4.29. The highest BCUT2D eigenvalue weighted by atomic mass is 19.1. The van der Waals surface area contributed by atoms with Crippen molar-refractivity contribution in [2.24, 2.45) is 0 Å². The lowest BCUT2D eigenvalue weighted by atomic mass is 9.98. The van der Waals surface area contributed by atoms with Crippen molar-refractivity contribution in [3.05, 3.63) is 76.5 Å². The highest BCUT2D eigenvalue weighted by Crippen LogP contribution is 2.22. The van der Waals surface area contributed by atoms with E-state index in [1.54, 1.807) is 18.2 Å². The number of nitrogens with zero attached hydrogens (tertiary/aromatic N) is 1. The summed E-state index contributed by atoms with van der Waals surface area (Å²) in [5.41, 5.74) is 2.11. The molecule has 2 aromatic heterocycles. The second kappa shape index (κ2) is 6.54. The summed E-state index contributed by atoms with van der Waals surface area (Å²) in [6.07, 6.45) is 0.402. The van der Waals surface area contributed by atoms with Crippen molar-refractivity contribution in [1.82, 2.24) is 9.72 Å². The monoisotopic (exact) mass is 326 g/mol. The number of rotatable bonds is 4. The molecule has 2 N–H and O–H groups in total. The van der Waals surface area contributed by atoms with Crippen LogP contribution >= 0.6 is 0 Å². The predicted molar refractivity (Wildman–Crippen MR) is 88.8 cm³/mol. The summed E-state index contributed by atoms with van der Waals surface area (Å²) in [4.78, 5) is 23.5. The van der Waals surface area contributed by atoms with E-state index in [1.807, 2.05) is 18.2 Å². The van der Waals surface area contributed by atoms with E-state index in [2.05, 4.69) is 5.32 Å². The van der Waals surface area contributed by atoms with Crippen molar-refractivity contribution in [1.29, 1.82) is 0 Å². The highest BCUT2D eigenvalue weighted by Gasteiger charge is 2.13. The molecule has 0 saturated heterocycles. The first kappa shape index (κ1) is 15.7. The number of fused-ring (bicyclic) bond motifs is 1. The van der Waals surface area contributed by atoms with E-state index in [4.69, 9.17) is 5.11 Å². The van der Waals surface area contributed by atoms with E-state index < -0.39 is 11.9 Å². The van der Waals surface area contributed by atoms with Crippen LogP contribution in [0.2, 0.25) is 0 Å². The topological polar surface area (TPSA) is 70.8 Å². The van der Waals surface area contributed by atoms with Gasteiger partial charge in [-0.25, -0.2) is 9.18 Å². The fourth-order valence-corrected chi connectivity index (χ4v) is 2.70. The van der Waals surface area contributed by atoms with Gasteiger partial charge in [-0.2, -0.15) is 0 Å². The molecule has 0 bridgehead atoms. The Labute approximate surface area is 137 Å². The lowest BCUT2D eigenvalue weighted by molar-refractivity contribution is 0.194. The highest BCUT2D eigenvalue weighted by molar-refractivity contribution is 5.70. The maximum absolute atomic E-state index is 13.5. The molecular formula is C18H15FN2O3. The average Bonchev–Trinajstić information content (AvgIpc) is 2.56. The van der Waals surface area contributed by atoms with E-state index in [9.17, 15) is 14.0 Å². The van der Waals surface area contributed by atoms with Gasteiger partial charge >= 0.3 is 6.09 Å². The minimum atomic E-state index is -1.11. The number of hydrogen-bond donors (Lipinski definition) is 2. The van der Waals surface area contributed by atoms with Crippen molar-refractivity contribution in [2.75, 3.05) is 6.54 Å². The maximum Gasteiger partial charge on any atom is 0.404 e. The van der Waals surface area contributed by atoms with Gasteiger partial charge in [0.15, 0.2) is 0 Å². The molecule has 0 atom stereocenters. The lowest BCUT2D eigenvalue weighted by Crippen LogP contribution is -2.25. The van der Waals surface area contributed by atoms with Crippen LogP contribution in [0.1, 0.15) is 5.56 Å². The van der Waals surface area contributed by atoms with Gasteiger partial charge in [0, 0.05) is 18.3 Å². The second-order valence-corrected chi connectivity index (χ2v) is 5.34. The van der Waals surface area contributed by atoms with E-state index in [0.29, 0.717) is 28.6 Å². The molecule has 0 aliphatic carbocycles. The molecule has 0 fully saturated rings. The lowest BCUT2D eigenvalue weighted by Gasteiger charge is -2.12. The first-order valence-electron chi connectivity index (χ1n) is 7.42. The summed E-state index contributed by atoms with van der Waals surface area (Å²) in [5, 5.41) is 11.0. The molecule has 1 amide bonds. The molecule has 3 aromatic rings. The predicted octanol–water partition coefficient (Wildman–Crippen LogP) is 2.92. The molecule has 1 aromatic carbocycles. The number of carbonyl (C=O) groups is 1. The van der Waals surface area contributed by atoms with E-state index in [-0.39, 0.29) is 12.1 Å². The number of aromatic nitrogens is 1. The second-order valence-electron chi connectivity index (χ2n) is 5.34. The van der Waals surface area contributed by atoms with Crippen LogP contribution in [0.5, 0.6) is 0 Å². The summed E-state index contributed by atoms with van der Waals surface area (Å²) >= 11 is 0. The van der Waals surface area contributed by atoms with Crippen molar-refractivity contribution >= 4 is 11.6 Å². The minimum Gasteiger partial charge on any atom is -0.465 e. The van der Waals surface area contributed by atoms with Crippen LogP contribution in [0.3, 0.4) is 0 Å². The van der Waals surface area contributed by atoms with Gasteiger partial charge in [-0.15, -0.1) is 0 Å². The molecule has 0 saturated carbocycles. The first-order valence-corrected chi connectivity index (χ1v) is 7.42. The molecule has 3 rings (SSSR count). The third-order valence-electron chi connectivity index (χ3n) is 3.75. The molecule has 0 aliphatic heterocycles. The molecule has 0 radical (unpaired) electrons. The SMILES string of the molecule is O=C(O)NCCc1cc2ccc(F)cn2c(=O)c1-c1ccccc1. The maximum atomic E-state index is 13.5. The smallest absolute Gasteiger partial charge is 0.404 e. The molecule has 0 aliphatic rings. The van der Waals surface area contributed by atoms with Crippen LogP contribution in [0.25, 0.3) is 16.6 Å². The quantitative estimate of drug-likeness (QED) is 0.774. The van der Waals surface area contributed by atoms with Gasteiger partial charge in [-0.1, -0.05) is 30.3 Å². The first-order chi connectivity index (χ1) is 11.6. The molecule has 0 spiro atoms. The number of pyridine rings is 2. The van der Waals surface area contributed by atoms with Crippen LogP contribution < -0.4 is 10.9 Å². The van der Waals surface area contributed by atoms with Gasteiger partial charge in [-0.05, 0) is 35.7 Å². The van der Waals surface area contributed by atoms with Crippen LogP contribution in [-0.2, 0) is 6.42 Å². The van der Waals surface area contributed by atoms with E-state index in [1.165, 1.54) is 16.5 Å². The Bertz CT molecular complexity index is 952. The Balaban J connectivity index is 2.18. The molecule has 2 heterocycles. The van der Waals surface area contributed by atoms with Crippen molar-refractivity contribution in [3.8, 4) is 11.1 Å². The van der Waals surface area contributed by atoms with Gasteiger partial charge in [-0.3, -0.25) is 9.20 Å². The van der Waals surface area contributed by atoms with Gasteiger partial charge < -0.3 is 10.4 Å². The van der Waals surface area contributed by atoms with E-state index >= 15 is 0 Å². The Morgan fingerprint density at radius 3 is 2.62 bits per heavy atom. The van der Waals surface area contributed by atoms with E-state index in [0.717, 1.165) is 6.20 Å². The number of nitrogens with one attached hydrogen (secondary N) is 1. The average molecular weight is 326 g/mol. The fourth-order valence-electron chi connectivity index (χ4n) is 2.70. The third kappa shape index (κ3) is 3.12. The summed E-state index contributed by atoms with van der Waals surface area (Å²) < 4.78 is 14.8. The Morgan fingerprint density at radius 1 is 1.17 bits per heavy atom. The number of benzene rings is 1. The Hall–Kier alpha value is -3.15. The van der Waals surface area contributed by atoms with Crippen molar-refractivity contribution < 1.29 is 14.3 Å². The molecule has 5 nitrogen and oxygen atoms in total. The van der Waals surface area contributed by atoms with Crippen LogP contribution in [0.15, 0.2) is 59.5 Å². The zero-order chi connectivity index (χ0) is 17.1. The van der Waals surface area contributed by atoms with Crippen LogP contribution in [0.4, 0.5) is 9.18 Å². The number of carboxylic acid groups (broad SMARTS) is 1. The molecule has 24 heavy (non-hydrogen) atoms. The number of amides is 1. The fraction of sp³-hybridized carbons (Fsp3) is 0.111. The summed E-state index contributed by atoms with van der Waals surface area (Å²) in [6.45, 7) is 0.186. The van der Waals surface area contributed by atoms with Crippen LogP contribution in [-0.4, -0.2) is 22.1 Å². The zero-order valence-corrected chi connectivity index (χ0v) is 12.7. The summed E-state index contributed by atoms with van der Waals surface area (Å²) in [6, 6.07) is 13.7. The van der Waals surface area contributed by atoms with Gasteiger partial charge in [0.1, 0.15) is 5.82 Å². The van der Waals surface area contributed by atoms with Crippen molar-refractivity contribution in [3.63, 3.8) is 0 Å². The minimum absolute atomic E-state index is 0.186. The van der Waals surface area contributed by atoms with Crippen molar-refractivity contribution in [2.45, 2.75) is 6.42 Å². The molecule has 122 valence electrons. The largest absolute Gasteiger partial charge is 0.465 e. The Morgan fingerprint density at radius 2 is 1.92 bits per heavy atom. The zero-order valence-electron chi connectivity index (χ0n) is 12.7. The van der Waals surface area contributed by atoms with Crippen LogP contribution in [0, 0.1) is 5.82 Å². The number of hydrogen-bond acceptors (Lipinski definition) is 2. The van der Waals surface area contributed by atoms with Gasteiger partial charge in [0.05, 0.1) is 5.56 Å². The summed E-state index contributed by atoms with van der Waals surface area (Å²) in [5.74, 6) is -0.496. The summed E-state index contributed by atoms with van der Waals surface area (Å²) in [7, 11) is 0. The van der Waals surface area contributed by atoms with Gasteiger partial charge in [0.2, 0.25) is 0 Å².